The highest BCUT2D eigenvalue weighted by Gasteiger charge is 1.98. The molecule has 0 bridgehead atoms. The number of hydrogen-bond donors (Lipinski definition) is 1. The molecule has 0 aromatic carbocycles. The summed E-state index contributed by atoms with van der Waals surface area (Å²) in [5.74, 6) is 0.747. The van der Waals surface area contributed by atoms with Gasteiger partial charge in [-0.3, -0.25) is 9.97 Å². The second kappa shape index (κ2) is 5.96. The van der Waals surface area contributed by atoms with Gasteiger partial charge in [0, 0.05) is 18.3 Å². The molecule has 4 nitrogen and oxygen atoms in total. The molecule has 2 N–H and O–H groups in total. The van der Waals surface area contributed by atoms with Crippen LogP contribution in [0.2, 0.25) is 0 Å². The fourth-order valence-corrected chi connectivity index (χ4v) is 1.43. The number of rotatable bonds is 5. The Hall–Kier alpha value is -1.94. The first-order valence-electron chi connectivity index (χ1n) is 5.56. The van der Waals surface area contributed by atoms with Gasteiger partial charge in [0.1, 0.15) is 12.4 Å². The molecule has 0 amide bonds. The van der Waals surface area contributed by atoms with Gasteiger partial charge < -0.3 is 10.5 Å². The summed E-state index contributed by atoms with van der Waals surface area (Å²) in [6, 6.07) is 9.58. The van der Waals surface area contributed by atoms with E-state index in [2.05, 4.69) is 9.97 Å². The highest BCUT2D eigenvalue weighted by molar-refractivity contribution is 5.20. The lowest BCUT2D eigenvalue weighted by Gasteiger charge is -2.05. The fraction of sp³-hybridized carbons (Fsp3) is 0.231. The zero-order valence-electron chi connectivity index (χ0n) is 9.54. The zero-order valence-corrected chi connectivity index (χ0v) is 9.54. The smallest absolute Gasteiger partial charge is 0.138 e. The largest absolute Gasteiger partial charge is 0.486 e. The minimum atomic E-state index is 0.457. The third-order valence-corrected chi connectivity index (χ3v) is 2.31. The Morgan fingerprint density at radius 3 is 2.65 bits per heavy atom. The molecule has 0 radical (unpaired) electrons. The molecular weight excluding hydrogens is 214 g/mol. The van der Waals surface area contributed by atoms with Crippen LogP contribution >= 0.6 is 0 Å². The molecule has 0 aliphatic carbocycles. The standard InChI is InChI=1S/C13H15N3O/c14-7-6-11-4-5-13(9-16-11)17-10-12-3-1-2-8-15-12/h1-5,8-9H,6-7,10,14H2. The van der Waals surface area contributed by atoms with Gasteiger partial charge in [0.25, 0.3) is 0 Å². The number of nitrogens with two attached hydrogens (primary N) is 1. The van der Waals surface area contributed by atoms with Crippen LogP contribution in [-0.4, -0.2) is 16.5 Å². The summed E-state index contributed by atoms with van der Waals surface area (Å²) in [5, 5.41) is 0. The first kappa shape index (κ1) is 11.5. The SMILES string of the molecule is NCCc1ccc(OCc2ccccn2)cn1. The lowest BCUT2D eigenvalue weighted by atomic mass is 10.3. The van der Waals surface area contributed by atoms with E-state index in [-0.39, 0.29) is 0 Å². The van der Waals surface area contributed by atoms with Crippen molar-refractivity contribution < 1.29 is 4.74 Å². The van der Waals surface area contributed by atoms with Gasteiger partial charge in [-0.05, 0) is 30.8 Å². The molecule has 0 unspecified atom stereocenters. The molecule has 2 heterocycles. The van der Waals surface area contributed by atoms with E-state index >= 15 is 0 Å². The maximum Gasteiger partial charge on any atom is 0.138 e. The number of aromatic nitrogens is 2. The molecule has 2 aromatic rings. The maximum absolute atomic E-state index is 5.57. The van der Waals surface area contributed by atoms with Gasteiger partial charge in [0.15, 0.2) is 0 Å². The summed E-state index contributed by atoms with van der Waals surface area (Å²) in [6.07, 6.45) is 4.26. The summed E-state index contributed by atoms with van der Waals surface area (Å²) in [5.41, 5.74) is 7.34. The van der Waals surface area contributed by atoms with Crippen molar-refractivity contribution >= 4 is 0 Å². The van der Waals surface area contributed by atoms with Crippen molar-refractivity contribution in [3.63, 3.8) is 0 Å². The van der Waals surface area contributed by atoms with Gasteiger partial charge in [-0.1, -0.05) is 6.07 Å². The average molecular weight is 229 g/mol. The van der Waals surface area contributed by atoms with Crippen molar-refractivity contribution in [3.05, 3.63) is 54.1 Å². The van der Waals surface area contributed by atoms with Crippen molar-refractivity contribution in [2.24, 2.45) is 5.73 Å². The Labute approximate surface area is 100 Å². The van der Waals surface area contributed by atoms with Gasteiger partial charge in [0.2, 0.25) is 0 Å². The molecule has 4 heteroatoms. The van der Waals surface area contributed by atoms with E-state index in [4.69, 9.17) is 10.5 Å². The van der Waals surface area contributed by atoms with Crippen molar-refractivity contribution in [1.29, 1.82) is 0 Å². The molecule has 0 aliphatic heterocycles. The van der Waals surface area contributed by atoms with Crippen LogP contribution in [0.5, 0.6) is 5.75 Å². The third kappa shape index (κ3) is 3.53. The molecule has 0 saturated heterocycles. The first-order valence-corrected chi connectivity index (χ1v) is 5.56. The highest BCUT2D eigenvalue weighted by Crippen LogP contribution is 2.11. The molecule has 0 spiro atoms. The average Bonchev–Trinajstić information content (AvgIpc) is 2.40. The molecule has 0 saturated carbocycles. The Balaban J connectivity index is 1.91. The van der Waals surface area contributed by atoms with Crippen LogP contribution in [0.1, 0.15) is 11.4 Å². The molecular formula is C13H15N3O. The second-order valence-electron chi connectivity index (χ2n) is 3.63. The van der Waals surface area contributed by atoms with E-state index in [1.807, 2.05) is 30.3 Å². The molecule has 0 aliphatic rings. The van der Waals surface area contributed by atoms with Gasteiger partial charge in [-0.15, -0.1) is 0 Å². The van der Waals surface area contributed by atoms with Gasteiger partial charge in [0.05, 0.1) is 11.9 Å². The van der Waals surface area contributed by atoms with E-state index in [9.17, 15) is 0 Å². The topological polar surface area (TPSA) is 61.0 Å². The summed E-state index contributed by atoms with van der Waals surface area (Å²) in [7, 11) is 0. The van der Waals surface area contributed by atoms with E-state index in [1.54, 1.807) is 12.4 Å². The van der Waals surface area contributed by atoms with E-state index in [0.717, 1.165) is 23.6 Å². The Bertz CT molecular complexity index is 442. The minimum Gasteiger partial charge on any atom is -0.486 e. The number of hydrogen-bond acceptors (Lipinski definition) is 4. The van der Waals surface area contributed by atoms with E-state index in [0.29, 0.717) is 13.2 Å². The van der Waals surface area contributed by atoms with Crippen molar-refractivity contribution in [2.75, 3.05) is 6.54 Å². The van der Waals surface area contributed by atoms with Crippen molar-refractivity contribution in [3.8, 4) is 5.75 Å². The zero-order chi connectivity index (χ0) is 11.9. The molecule has 17 heavy (non-hydrogen) atoms. The van der Waals surface area contributed by atoms with Crippen molar-refractivity contribution in [1.82, 2.24) is 9.97 Å². The van der Waals surface area contributed by atoms with E-state index < -0.39 is 0 Å². The number of ether oxygens (including phenoxy) is 1. The molecule has 2 aromatic heterocycles. The van der Waals surface area contributed by atoms with Crippen LogP contribution in [0.4, 0.5) is 0 Å². The van der Waals surface area contributed by atoms with Crippen LogP contribution in [-0.2, 0) is 13.0 Å². The molecule has 0 fully saturated rings. The van der Waals surface area contributed by atoms with Crippen LogP contribution < -0.4 is 10.5 Å². The highest BCUT2D eigenvalue weighted by atomic mass is 16.5. The number of nitrogens with zero attached hydrogens (tertiary/aromatic N) is 2. The number of pyridine rings is 2. The normalized spacial score (nSPS) is 10.2. The van der Waals surface area contributed by atoms with E-state index in [1.165, 1.54) is 0 Å². The quantitative estimate of drug-likeness (QED) is 0.845. The van der Waals surface area contributed by atoms with Crippen LogP contribution in [0.25, 0.3) is 0 Å². The third-order valence-electron chi connectivity index (χ3n) is 2.31. The molecule has 2 rings (SSSR count). The monoisotopic (exact) mass is 229 g/mol. The van der Waals surface area contributed by atoms with Crippen LogP contribution in [0.3, 0.4) is 0 Å². The Kier molecular flexibility index (Phi) is 4.05. The second-order valence-corrected chi connectivity index (χ2v) is 3.63. The predicted molar refractivity (Wildman–Crippen MR) is 65.6 cm³/mol. The molecule has 88 valence electrons. The lowest BCUT2D eigenvalue weighted by molar-refractivity contribution is 0.300. The van der Waals surface area contributed by atoms with Gasteiger partial charge in [-0.2, -0.15) is 0 Å². The van der Waals surface area contributed by atoms with Gasteiger partial charge in [-0.25, -0.2) is 0 Å². The summed E-state index contributed by atoms with van der Waals surface area (Å²) < 4.78 is 5.57. The molecule has 0 atom stereocenters. The fourth-order valence-electron chi connectivity index (χ4n) is 1.43. The minimum absolute atomic E-state index is 0.457. The van der Waals surface area contributed by atoms with Crippen LogP contribution in [0, 0.1) is 0 Å². The summed E-state index contributed by atoms with van der Waals surface area (Å²) >= 11 is 0. The summed E-state index contributed by atoms with van der Waals surface area (Å²) in [6.45, 7) is 1.07. The van der Waals surface area contributed by atoms with Crippen molar-refractivity contribution in [2.45, 2.75) is 13.0 Å². The van der Waals surface area contributed by atoms with Gasteiger partial charge >= 0.3 is 0 Å². The van der Waals surface area contributed by atoms with Crippen LogP contribution in [0.15, 0.2) is 42.7 Å². The summed E-state index contributed by atoms with van der Waals surface area (Å²) in [4.78, 5) is 8.43. The predicted octanol–water partition coefficient (Wildman–Crippen LogP) is 1.56. The Morgan fingerprint density at radius 1 is 1.06 bits per heavy atom. The maximum atomic E-state index is 5.57. The Morgan fingerprint density at radius 2 is 2.00 bits per heavy atom. The first-order chi connectivity index (χ1) is 8.38. The lowest BCUT2D eigenvalue weighted by Crippen LogP contribution is -2.04.